The quantitative estimate of drug-likeness (QED) is 0.764. The molecule has 0 aliphatic heterocycles. The predicted octanol–water partition coefficient (Wildman–Crippen LogP) is 2.47. The molecule has 2 rings (SSSR count). The molecule has 0 radical (unpaired) electrons. The van der Waals surface area contributed by atoms with Crippen LogP contribution in [-0.2, 0) is 6.54 Å². The van der Waals surface area contributed by atoms with Crippen LogP contribution in [-0.4, -0.2) is 16.7 Å². The molecule has 1 atom stereocenters. The van der Waals surface area contributed by atoms with E-state index in [0.717, 1.165) is 24.7 Å². The highest BCUT2D eigenvalue weighted by Crippen LogP contribution is 2.17. The van der Waals surface area contributed by atoms with Crippen molar-refractivity contribution >= 4 is 0 Å². The van der Waals surface area contributed by atoms with Crippen LogP contribution in [0.1, 0.15) is 36.2 Å². The summed E-state index contributed by atoms with van der Waals surface area (Å²) in [6.07, 6.45) is 8.41. The third-order valence-electron chi connectivity index (χ3n) is 3.39. The number of aryl methyl sites for hydroxylation is 2. The summed E-state index contributed by atoms with van der Waals surface area (Å²) in [5.74, 6) is 0.817. The molecule has 88 valence electrons. The number of nitrogens with zero attached hydrogens (tertiary/aromatic N) is 1. The first-order chi connectivity index (χ1) is 7.77. The number of hydrogen-bond donors (Lipinski definition) is 2. The van der Waals surface area contributed by atoms with Gasteiger partial charge in [-0.2, -0.15) is 5.10 Å². The molecule has 0 bridgehead atoms. The molecule has 0 fully saturated rings. The lowest BCUT2D eigenvalue weighted by atomic mass is 9.94. The topological polar surface area (TPSA) is 40.7 Å². The van der Waals surface area contributed by atoms with Crippen LogP contribution in [0.4, 0.5) is 0 Å². The van der Waals surface area contributed by atoms with Gasteiger partial charge in [0, 0.05) is 17.8 Å². The first kappa shape index (κ1) is 11.4. The summed E-state index contributed by atoms with van der Waals surface area (Å²) in [5.41, 5.74) is 3.63. The summed E-state index contributed by atoms with van der Waals surface area (Å²) < 4.78 is 0. The van der Waals surface area contributed by atoms with Gasteiger partial charge in [0.1, 0.15) is 0 Å². The summed E-state index contributed by atoms with van der Waals surface area (Å²) in [4.78, 5) is 0. The standard InChI is InChI=1S/C13H21N3/c1-10-13(11(2)16-15-10)9-14-8-12-6-4-3-5-7-12/h3-4,12,14H,5-9H2,1-2H3,(H,15,16). The van der Waals surface area contributed by atoms with E-state index in [4.69, 9.17) is 0 Å². The van der Waals surface area contributed by atoms with E-state index in [1.807, 2.05) is 0 Å². The van der Waals surface area contributed by atoms with E-state index in [0.29, 0.717) is 0 Å². The van der Waals surface area contributed by atoms with Crippen LogP contribution >= 0.6 is 0 Å². The second kappa shape index (κ2) is 5.30. The molecule has 0 saturated carbocycles. The first-order valence-electron chi connectivity index (χ1n) is 6.13. The van der Waals surface area contributed by atoms with Crippen molar-refractivity contribution in [2.24, 2.45) is 5.92 Å². The predicted molar refractivity (Wildman–Crippen MR) is 66.2 cm³/mol. The maximum Gasteiger partial charge on any atom is 0.0638 e. The van der Waals surface area contributed by atoms with Gasteiger partial charge in [-0.25, -0.2) is 0 Å². The summed E-state index contributed by atoms with van der Waals surface area (Å²) in [7, 11) is 0. The van der Waals surface area contributed by atoms with Gasteiger partial charge < -0.3 is 5.32 Å². The number of aromatic nitrogens is 2. The number of hydrogen-bond acceptors (Lipinski definition) is 2. The van der Waals surface area contributed by atoms with E-state index in [9.17, 15) is 0 Å². The lowest BCUT2D eigenvalue weighted by molar-refractivity contribution is 0.440. The molecule has 3 nitrogen and oxygen atoms in total. The normalized spacial score (nSPS) is 20.2. The van der Waals surface area contributed by atoms with Crippen LogP contribution in [0.5, 0.6) is 0 Å². The second-order valence-corrected chi connectivity index (χ2v) is 4.69. The van der Waals surface area contributed by atoms with Crippen LogP contribution in [0.2, 0.25) is 0 Å². The molecule has 0 spiro atoms. The SMILES string of the molecule is Cc1n[nH]c(C)c1CNCC1CC=CCC1. The highest BCUT2D eigenvalue weighted by Gasteiger charge is 2.10. The summed E-state index contributed by atoms with van der Waals surface area (Å²) in [6.45, 7) is 6.20. The van der Waals surface area contributed by atoms with Crippen LogP contribution in [0.15, 0.2) is 12.2 Å². The lowest BCUT2D eigenvalue weighted by Gasteiger charge is -2.18. The van der Waals surface area contributed by atoms with E-state index in [2.05, 4.69) is 41.5 Å². The minimum Gasteiger partial charge on any atom is -0.312 e. The van der Waals surface area contributed by atoms with Crippen molar-refractivity contribution in [1.82, 2.24) is 15.5 Å². The van der Waals surface area contributed by atoms with Gasteiger partial charge in [0.15, 0.2) is 0 Å². The van der Waals surface area contributed by atoms with Crippen molar-refractivity contribution in [2.45, 2.75) is 39.7 Å². The van der Waals surface area contributed by atoms with Crippen molar-refractivity contribution < 1.29 is 0 Å². The average Bonchev–Trinajstić information content (AvgIpc) is 2.62. The Labute approximate surface area is 97.3 Å². The summed E-state index contributed by atoms with van der Waals surface area (Å²) in [5, 5.41) is 10.8. The zero-order valence-corrected chi connectivity index (χ0v) is 10.2. The molecule has 1 aromatic rings. The van der Waals surface area contributed by atoms with Gasteiger partial charge in [0.25, 0.3) is 0 Å². The van der Waals surface area contributed by atoms with Crippen molar-refractivity contribution in [3.05, 3.63) is 29.1 Å². The molecule has 3 heteroatoms. The van der Waals surface area contributed by atoms with Crippen LogP contribution in [0.3, 0.4) is 0 Å². The third-order valence-corrected chi connectivity index (χ3v) is 3.39. The van der Waals surface area contributed by atoms with Crippen molar-refractivity contribution in [3.63, 3.8) is 0 Å². The van der Waals surface area contributed by atoms with Gasteiger partial charge >= 0.3 is 0 Å². The Hall–Kier alpha value is -1.09. The highest BCUT2D eigenvalue weighted by molar-refractivity contribution is 5.22. The fourth-order valence-corrected chi connectivity index (χ4v) is 2.28. The van der Waals surface area contributed by atoms with Gasteiger partial charge in [0.05, 0.1) is 5.69 Å². The Balaban J connectivity index is 1.77. The number of H-pyrrole nitrogens is 1. The summed E-state index contributed by atoms with van der Waals surface area (Å²) >= 11 is 0. The number of rotatable bonds is 4. The maximum absolute atomic E-state index is 4.21. The van der Waals surface area contributed by atoms with Gasteiger partial charge in [0.2, 0.25) is 0 Å². The second-order valence-electron chi connectivity index (χ2n) is 4.69. The van der Waals surface area contributed by atoms with Crippen molar-refractivity contribution in [2.75, 3.05) is 6.54 Å². The fraction of sp³-hybridized carbons (Fsp3) is 0.615. The van der Waals surface area contributed by atoms with E-state index in [1.165, 1.54) is 30.5 Å². The molecule has 1 unspecified atom stereocenters. The Kier molecular flexibility index (Phi) is 3.78. The minimum absolute atomic E-state index is 0.817. The molecular weight excluding hydrogens is 198 g/mol. The smallest absolute Gasteiger partial charge is 0.0638 e. The maximum atomic E-state index is 4.21. The number of allylic oxidation sites excluding steroid dienone is 2. The van der Waals surface area contributed by atoms with E-state index in [1.54, 1.807) is 0 Å². The molecule has 16 heavy (non-hydrogen) atoms. The van der Waals surface area contributed by atoms with Gasteiger partial charge in [-0.05, 0) is 45.6 Å². The molecule has 2 N–H and O–H groups in total. The molecule has 1 aromatic heterocycles. The zero-order chi connectivity index (χ0) is 11.4. The monoisotopic (exact) mass is 219 g/mol. The van der Waals surface area contributed by atoms with Crippen LogP contribution in [0.25, 0.3) is 0 Å². The van der Waals surface area contributed by atoms with E-state index >= 15 is 0 Å². The van der Waals surface area contributed by atoms with Crippen molar-refractivity contribution in [3.8, 4) is 0 Å². The number of aromatic amines is 1. The molecule has 1 aliphatic rings. The molecule has 1 heterocycles. The third kappa shape index (κ3) is 2.73. The highest BCUT2D eigenvalue weighted by atomic mass is 15.1. The van der Waals surface area contributed by atoms with E-state index in [-0.39, 0.29) is 0 Å². The Morgan fingerprint density at radius 1 is 1.44 bits per heavy atom. The lowest BCUT2D eigenvalue weighted by Crippen LogP contribution is -2.23. The fourth-order valence-electron chi connectivity index (χ4n) is 2.28. The van der Waals surface area contributed by atoms with E-state index < -0.39 is 0 Å². The largest absolute Gasteiger partial charge is 0.312 e. The van der Waals surface area contributed by atoms with Crippen molar-refractivity contribution in [1.29, 1.82) is 0 Å². The Bertz CT molecular complexity index is 346. The Morgan fingerprint density at radius 3 is 2.94 bits per heavy atom. The molecule has 1 aliphatic carbocycles. The van der Waals surface area contributed by atoms with Crippen LogP contribution in [0, 0.1) is 19.8 Å². The average molecular weight is 219 g/mol. The Morgan fingerprint density at radius 2 is 2.31 bits per heavy atom. The minimum atomic E-state index is 0.817. The molecular formula is C13H21N3. The zero-order valence-electron chi connectivity index (χ0n) is 10.2. The van der Waals surface area contributed by atoms with Crippen LogP contribution < -0.4 is 5.32 Å². The first-order valence-corrected chi connectivity index (χ1v) is 6.13. The van der Waals surface area contributed by atoms with Gasteiger partial charge in [-0.3, -0.25) is 5.10 Å². The molecule has 0 aromatic carbocycles. The molecule has 0 saturated heterocycles. The number of nitrogens with one attached hydrogen (secondary N) is 2. The van der Waals surface area contributed by atoms with Gasteiger partial charge in [-0.1, -0.05) is 12.2 Å². The summed E-state index contributed by atoms with van der Waals surface area (Å²) in [6, 6.07) is 0. The molecule has 0 amide bonds. The van der Waals surface area contributed by atoms with Gasteiger partial charge in [-0.15, -0.1) is 0 Å².